The summed E-state index contributed by atoms with van der Waals surface area (Å²) in [6.07, 6.45) is 1.17. The summed E-state index contributed by atoms with van der Waals surface area (Å²) in [7, 11) is 6.51. The van der Waals surface area contributed by atoms with Crippen molar-refractivity contribution < 1.29 is 0 Å². The normalized spacial score (nSPS) is 14.7. The van der Waals surface area contributed by atoms with E-state index >= 15 is 0 Å². The summed E-state index contributed by atoms with van der Waals surface area (Å²) in [6, 6.07) is 8.86. The Morgan fingerprint density at radius 2 is 1.86 bits per heavy atom. The minimum Gasteiger partial charge on any atom is -0.343 e. The maximum atomic E-state index is 2.54. The fourth-order valence-electron chi connectivity index (χ4n) is 3.09. The van der Waals surface area contributed by atoms with E-state index in [0.717, 1.165) is 19.6 Å². The van der Waals surface area contributed by atoms with Crippen molar-refractivity contribution in [2.24, 2.45) is 0 Å². The van der Waals surface area contributed by atoms with Gasteiger partial charge < -0.3 is 14.4 Å². The molecule has 0 N–H and O–H groups in total. The molecule has 0 radical (unpaired) electrons. The highest BCUT2D eigenvalue weighted by Crippen LogP contribution is 2.30. The first-order valence-electron chi connectivity index (χ1n) is 7.09. The molecule has 0 bridgehead atoms. The van der Waals surface area contributed by atoms with Gasteiger partial charge >= 0.3 is 0 Å². The number of para-hydroxylation sites is 1. The van der Waals surface area contributed by atoms with E-state index in [2.05, 4.69) is 59.8 Å². The van der Waals surface area contributed by atoms with Gasteiger partial charge in [-0.05, 0) is 32.8 Å². The largest absolute Gasteiger partial charge is 0.343 e. The first-order chi connectivity index (χ1) is 9.16. The van der Waals surface area contributed by atoms with Crippen LogP contribution in [0.15, 0.2) is 24.3 Å². The molecule has 118 valence electrons. The van der Waals surface area contributed by atoms with Crippen molar-refractivity contribution in [2.75, 3.05) is 34.2 Å². The Labute approximate surface area is 139 Å². The van der Waals surface area contributed by atoms with Crippen LogP contribution in [-0.2, 0) is 19.5 Å². The average molecular weight is 330 g/mol. The van der Waals surface area contributed by atoms with Gasteiger partial charge in [-0.1, -0.05) is 18.2 Å². The number of rotatable bonds is 3. The van der Waals surface area contributed by atoms with Crippen LogP contribution in [0.2, 0.25) is 0 Å². The minimum atomic E-state index is 0. The lowest BCUT2D eigenvalue weighted by Gasteiger charge is -2.24. The Morgan fingerprint density at radius 3 is 2.57 bits per heavy atom. The van der Waals surface area contributed by atoms with Crippen LogP contribution < -0.4 is 0 Å². The summed E-state index contributed by atoms with van der Waals surface area (Å²) in [5.41, 5.74) is 4.51. The highest BCUT2D eigenvalue weighted by Gasteiger charge is 2.21. The molecule has 2 heterocycles. The summed E-state index contributed by atoms with van der Waals surface area (Å²) in [4.78, 5) is 4.68. The molecule has 1 aromatic heterocycles. The van der Waals surface area contributed by atoms with E-state index in [-0.39, 0.29) is 24.8 Å². The predicted molar refractivity (Wildman–Crippen MR) is 95.0 cm³/mol. The summed E-state index contributed by atoms with van der Waals surface area (Å²) in [5, 5.41) is 1.45. The third-order valence-electron chi connectivity index (χ3n) is 4.12. The zero-order valence-corrected chi connectivity index (χ0v) is 14.6. The molecular weight excluding hydrogens is 305 g/mol. The third kappa shape index (κ3) is 3.54. The third-order valence-corrected chi connectivity index (χ3v) is 4.12. The Bertz CT molecular complexity index is 592. The molecule has 1 aromatic carbocycles. The van der Waals surface area contributed by atoms with Crippen molar-refractivity contribution >= 4 is 35.7 Å². The molecule has 0 saturated carbocycles. The van der Waals surface area contributed by atoms with Gasteiger partial charge in [0, 0.05) is 49.2 Å². The second kappa shape index (κ2) is 7.50. The molecule has 0 spiro atoms. The first-order valence-corrected chi connectivity index (χ1v) is 7.09. The lowest BCUT2D eigenvalue weighted by molar-refractivity contribution is 0.306. The quantitative estimate of drug-likeness (QED) is 0.857. The van der Waals surface area contributed by atoms with Gasteiger partial charge in [0.05, 0.1) is 0 Å². The molecule has 0 unspecified atom stereocenters. The second-order valence-corrected chi connectivity index (χ2v) is 5.89. The molecule has 0 amide bonds. The maximum Gasteiger partial charge on any atom is 0.0486 e. The van der Waals surface area contributed by atoms with Crippen LogP contribution in [-0.4, -0.2) is 48.6 Å². The Kier molecular flexibility index (Phi) is 6.54. The van der Waals surface area contributed by atoms with Gasteiger partial charge in [0.1, 0.15) is 0 Å². The number of aromatic nitrogens is 1. The molecule has 2 aromatic rings. The van der Waals surface area contributed by atoms with Gasteiger partial charge in [0.2, 0.25) is 0 Å². The van der Waals surface area contributed by atoms with Crippen LogP contribution in [0.4, 0.5) is 0 Å². The van der Waals surface area contributed by atoms with Gasteiger partial charge in [-0.2, -0.15) is 0 Å². The van der Waals surface area contributed by atoms with Crippen LogP contribution in [0.1, 0.15) is 11.3 Å². The number of hydrogen-bond donors (Lipinski definition) is 0. The molecule has 3 rings (SSSR count). The number of benzene rings is 1. The van der Waals surface area contributed by atoms with Gasteiger partial charge in [-0.3, -0.25) is 0 Å². The molecule has 0 aliphatic carbocycles. The lowest BCUT2D eigenvalue weighted by atomic mass is 10.1. The zero-order valence-electron chi connectivity index (χ0n) is 13.0. The molecule has 5 heteroatoms. The van der Waals surface area contributed by atoms with Crippen molar-refractivity contribution in [3.8, 4) is 0 Å². The van der Waals surface area contributed by atoms with E-state index in [1.54, 1.807) is 11.3 Å². The van der Waals surface area contributed by atoms with E-state index in [4.69, 9.17) is 0 Å². The van der Waals surface area contributed by atoms with Crippen molar-refractivity contribution in [1.29, 1.82) is 0 Å². The predicted octanol–water partition coefficient (Wildman–Crippen LogP) is 3.03. The number of likely N-dealkylation sites (N-methyl/N-ethyl adjacent to an activating group) is 2. The number of fused-ring (bicyclic) bond motifs is 3. The molecule has 0 saturated heterocycles. The SMILES string of the molecule is CN(C)CCn1c2c(c3ccccc31)CN(C)CC2.Cl.Cl. The number of hydrogen-bond acceptors (Lipinski definition) is 2. The Hall–Kier alpha value is -0.740. The van der Waals surface area contributed by atoms with Crippen LogP contribution in [0, 0.1) is 0 Å². The Balaban J connectivity index is 0.00000110. The lowest BCUT2D eigenvalue weighted by Crippen LogP contribution is -2.28. The molecule has 0 fully saturated rings. The molecule has 21 heavy (non-hydrogen) atoms. The van der Waals surface area contributed by atoms with Crippen LogP contribution >= 0.6 is 24.8 Å². The smallest absolute Gasteiger partial charge is 0.0486 e. The highest BCUT2D eigenvalue weighted by atomic mass is 35.5. The molecule has 1 aliphatic heterocycles. The van der Waals surface area contributed by atoms with Crippen molar-refractivity contribution in [3.05, 3.63) is 35.5 Å². The fraction of sp³-hybridized carbons (Fsp3) is 0.500. The van der Waals surface area contributed by atoms with Gasteiger partial charge in [0.25, 0.3) is 0 Å². The summed E-state index contributed by atoms with van der Waals surface area (Å²) < 4.78 is 2.54. The summed E-state index contributed by atoms with van der Waals surface area (Å²) in [6.45, 7) is 4.45. The van der Waals surface area contributed by atoms with Crippen LogP contribution in [0.3, 0.4) is 0 Å². The van der Waals surface area contributed by atoms with Gasteiger partial charge in [0.15, 0.2) is 0 Å². The monoisotopic (exact) mass is 329 g/mol. The molecule has 3 nitrogen and oxygen atoms in total. The fourth-order valence-corrected chi connectivity index (χ4v) is 3.09. The van der Waals surface area contributed by atoms with E-state index in [0.29, 0.717) is 0 Å². The Morgan fingerprint density at radius 1 is 1.14 bits per heavy atom. The molecule has 0 atom stereocenters. The topological polar surface area (TPSA) is 11.4 Å². The second-order valence-electron chi connectivity index (χ2n) is 5.89. The average Bonchev–Trinajstić information content (AvgIpc) is 2.70. The van der Waals surface area contributed by atoms with E-state index in [1.807, 2.05) is 0 Å². The van der Waals surface area contributed by atoms with E-state index < -0.39 is 0 Å². The van der Waals surface area contributed by atoms with Gasteiger partial charge in [-0.25, -0.2) is 0 Å². The molecule has 1 aliphatic rings. The van der Waals surface area contributed by atoms with Crippen molar-refractivity contribution in [3.63, 3.8) is 0 Å². The minimum absolute atomic E-state index is 0. The standard InChI is InChI=1S/C16H23N3.2ClH/c1-17(2)10-11-19-15-7-5-4-6-13(15)14-12-18(3)9-8-16(14)19;;/h4-7H,8-12H2,1-3H3;2*1H. The van der Waals surface area contributed by atoms with Gasteiger partial charge in [-0.15, -0.1) is 24.8 Å². The van der Waals surface area contributed by atoms with Crippen LogP contribution in [0.25, 0.3) is 10.9 Å². The van der Waals surface area contributed by atoms with Crippen molar-refractivity contribution in [2.45, 2.75) is 19.5 Å². The number of halogens is 2. The summed E-state index contributed by atoms with van der Waals surface area (Å²) >= 11 is 0. The highest BCUT2D eigenvalue weighted by molar-refractivity contribution is 5.86. The summed E-state index contributed by atoms with van der Waals surface area (Å²) in [5.74, 6) is 0. The maximum absolute atomic E-state index is 2.54. The molecular formula is C16H25Cl2N3. The number of nitrogens with zero attached hydrogens (tertiary/aromatic N) is 3. The van der Waals surface area contributed by atoms with Crippen LogP contribution in [0.5, 0.6) is 0 Å². The van der Waals surface area contributed by atoms with E-state index in [1.165, 1.54) is 23.9 Å². The van der Waals surface area contributed by atoms with E-state index in [9.17, 15) is 0 Å². The zero-order chi connectivity index (χ0) is 13.4. The van der Waals surface area contributed by atoms with Crippen molar-refractivity contribution in [1.82, 2.24) is 14.4 Å². The first kappa shape index (κ1) is 18.3.